The quantitative estimate of drug-likeness (QED) is 0.650. The summed E-state index contributed by atoms with van der Waals surface area (Å²) in [5.74, 6) is 3.35. The number of allylic oxidation sites excluding steroid dienone is 2. The topological polar surface area (TPSA) is 20.2 Å². The first kappa shape index (κ1) is 17.0. The van der Waals surface area contributed by atoms with Crippen LogP contribution in [0.15, 0.2) is 36.4 Å². The Hall–Kier alpha value is -1.08. The van der Waals surface area contributed by atoms with Crippen LogP contribution in [0.3, 0.4) is 0 Å². The Labute approximate surface area is 158 Å². The fourth-order valence-corrected chi connectivity index (χ4v) is 7.74. The third-order valence-electron chi connectivity index (χ3n) is 9.41. The van der Waals surface area contributed by atoms with Crippen LogP contribution in [-0.2, 0) is 0 Å². The molecule has 1 nitrogen and oxygen atoms in total. The molecule has 26 heavy (non-hydrogen) atoms. The average Bonchev–Trinajstić information content (AvgIpc) is 2.97. The predicted molar refractivity (Wildman–Crippen MR) is 108 cm³/mol. The highest BCUT2D eigenvalue weighted by molar-refractivity contribution is 5.66. The van der Waals surface area contributed by atoms with Crippen LogP contribution in [0, 0.1) is 34.5 Å². The zero-order valence-corrected chi connectivity index (χ0v) is 16.5. The van der Waals surface area contributed by atoms with Crippen molar-refractivity contribution in [2.24, 2.45) is 34.5 Å². The number of fused-ring (bicyclic) bond motifs is 5. The number of benzene rings is 1. The molecule has 4 aliphatic carbocycles. The van der Waals surface area contributed by atoms with E-state index in [9.17, 15) is 5.11 Å². The molecule has 140 valence electrons. The summed E-state index contributed by atoms with van der Waals surface area (Å²) in [5, 5.41) is 10.6. The van der Waals surface area contributed by atoms with E-state index in [0.29, 0.717) is 5.41 Å². The highest BCUT2D eigenvalue weighted by Gasteiger charge is 2.59. The maximum absolute atomic E-state index is 10.6. The van der Waals surface area contributed by atoms with Gasteiger partial charge < -0.3 is 5.11 Å². The average molecular weight is 351 g/mol. The molecule has 0 amide bonds. The standard InChI is InChI=1S/C25H34O/c1-24-14-12-18(17-6-4-3-5-7-17)16-19(24)8-9-20-21-10-11-23(26)25(21,2)15-13-22(20)24/h3-7,12,19-23,26H,8-11,13-16H2,1-2H3/t19-,20-,21+,22+,23-,24-,25-/m0/s1. The van der Waals surface area contributed by atoms with Gasteiger partial charge in [-0.1, -0.05) is 50.3 Å². The van der Waals surface area contributed by atoms with Crippen LogP contribution in [0.4, 0.5) is 0 Å². The van der Waals surface area contributed by atoms with Gasteiger partial charge in [0.1, 0.15) is 0 Å². The summed E-state index contributed by atoms with van der Waals surface area (Å²) in [7, 11) is 0. The Bertz CT molecular complexity index is 706. The van der Waals surface area contributed by atoms with Crippen molar-refractivity contribution in [2.75, 3.05) is 0 Å². The Morgan fingerprint density at radius 2 is 1.65 bits per heavy atom. The lowest BCUT2D eigenvalue weighted by atomic mass is 9.45. The molecular formula is C25H34O. The summed E-state index contributed by atoms with van der Waals surface area (Å²) >= 11 is 0. The summed E-state index contributed by atoms with van der Waals surface area (Å²) in [6.07, 6.45) is 12.8. The Balaban J connectivity index is 1.43. The lowest BCUT2D eigenvalue weighted by Crippen LogP contribution is -2.53. The van der Waals surface area contributed by atoms with Crippen molar-refractivity contribution in [1.82, 2.24) is 0 Å². The maximum atomic E-state index is 10.6. The van der Waals surface area contributed by atoms with E-state index in [1.165, 1.54) is 50.5 Å². The van der Waals surface area contributed by atoms with Crippen molar-refractivity contribution in [3.8, 4) is 0 Å². The highest BCUT2D eigenvalue weighted by Crippen LogP contribution is 2.66. The highest BCUT2D eigenvalue weighted by atomic mass is 16.3. The molecular weight excluding hydrogens is 316 g/mol. The van der Waals surface area contributed by atoms with E-state index in [1.54, 1.807) is 5.57 Å². The van der Waals surface area contributed by atoms with Gasteiger partial charge in [-0.05, 0) is 97.0 Å². The molecule has 0 bridgehead atoms. The predicted octanol–water partition coefficient (Wildman–Crippen LogP) is 6.08. The van der Waals surface area contributed by atoms with E-state index < -0.39 is 0 Å². The molecule has 1 aromatic carbocycles. The number of hydrogen-bond acceptors (Lipinski definition) is 1. The van der Waals surface area contributed by atoms with Gasteiger partial charge in [-0.3, -0.25) is 0 Å². The molecule has 0 aromatic heterocycles. The molecule has 1 aromatic rings. The smallest absolute Gasteiger partial charge is 0.0596 e. The fourth-order valence-electron chi connectivity index (χ4n) is 7.74. The van der Waals surface area contributed by atoms with Gasteiger partial charge in [-0.25, -0.2) is 0 Å². The van der Waals surface area contributed by atoms with E-state index in [2.05, 4.69) is 50.3 Å². The van der Waals surface area contributed by atoms with Gasteiger partial charge in [-0.15, -0.1) is 0 Å². The van der Waals surface area contributed by atoms with Crippen molar-refractivity contribution in [3.63, 3.8) is 0 Å². The molecule has 1 heteroatoms. The van der Waals surface area contributed by atoms with E-state index in [0.717, 1.165) is 30.1 Å². The third kappa shape index (κ3) is 2.32. The Morgan fingerprint density at radius 3 is 2.46 bits per heavy atom. The second-order valence-electron chi connectivity index (χ2n) is 10.3. The van der Waals surface area contributed by atoms with Crippen molar-refractivity contribution in [1.29, 1.82) is 0 Å². The molecule has 3 saturated carbocycles. The summed E-state index contributed by atoms with van der Waals surface area (Å²) < 4.78 is 0. The number of aliphatic hydroxyl groups is 1. The third-order valence-corrected chi connectivity index (χ3v) is 9.41. The van der Waals surface area contributed by atoms with E-state index in [-0.39, 0.29) is 11.5 Å². The molecule has 1 N–H and O–H groups in total. The molecule has 0 spiro atoms. The molecule has 0 radical (unpaired) electrons. The normalized spacial score (nSPS) is 47.5. The SMILES string of the molecule is C[C@]12CC=C(c3ccccc3)C[C@@H]1CC[C@@H]1[C@H]2CC[C@@]2(C)[C@@H]1CC[C@@H]2O. The number of aliphatic hydroxyl groups excluding tert-OH is 1. The van der Waals surface area contributed by atoms with Crippen molar-refractivity contribution in [3.05, 3.63) is 42.0 Å². The van der Waals surface area contributed by atoms with Crippen LogP contribution in [0.5, 0.6) is 0 Å². The molecule has 3 fully saturated rings. The first-order chi connectivity index (χ1) is 12.5. The zero-order chi connectivity index (χ0) is 17.9. The summed E-state index contributed by atoms with van der Waals surface area (Å²) in [5.41, 5.74) is 3.72. The van der Waals surface area contributed by atoms with Crippen LogP contribution in [0.1, 0.15) is 70.8 Å². The van der Waals surface area contributed by atoms with E-state index >= 15 is 0 Å². The Morgan fingerprint density at radius 1 is 0.885 bits per heavy atom. The molecule has 0 aliphatic heterocycles. The first-order valence-electron chi connectivity index (χ1n) is 10.9. The van der Waals surface area contributed by atoms with Crippen molar-refractivity contribution >= 4 is 5.57 Å². The van der Waals surface area contributed by atoms with Crippen molar-refractivity contribution in [2.45, 2.75) is 71.3 Å². The lowest BCUT2D eigenvalue weighted by molar-refractivity contribution is -0.108. The summed E-state index contributed by atoms with van der Waals surface area (Å²) in [6.45, 7) is 5.01. The second-order valence-corrected chi connectivity index (χ2v) is 10.3. The lowest BCUT2D eigenvalue weighted by Gasteiger charge is -2.59. The number of rotatable bonds is 1. The molecule has 7 atom stereocenters. The first-order valence-corrected chi connectivity index (χ1v) is 10.9. The van der Waals surface area contributed by atoms with Crippen LogP contribution < -0.4 is 0 Å². The molecule has 0 unspecified atom stereocenters. The van der Waals surface area contributed by atoms with E-state index in [4.69, 9.17) is 0 Å². The van der Waals surface area contributed by atoms with Gasteiger partial charge in [0.15, 0.2) is 0 Å². The largest absolute Gasteiger partial charge is 0.393 e. The van der Waals surface area contributed by atoms with Gasteiger partial charge in [0, 0.05) is 0 Å². The van der Waals surface area contributed by atoms with Crippen LogP contribution in [0.25, 0.3) is 5.57 Å². The molecule has 4 aliphatic rings. The van der Waals surface area contributed by atoms with Crippen molar-refractivity contribution < 1.29 is 5.11 Å². The van der Waals surface area contributed by atoms with Gasteiger partial charge in [0.2, 0.25) is 0 Å². The fraction of sp³-hybridized carbons (Fsp3) is 0.680. The van der Waals surface area contributed by atoms with Gasteiger partial charge in [0.25, 0.3) is 0 Å². The monoisotopic (exact) mass is 350 g/mol. The summed E-state index contributed by atoms with van der Waals surface area (Å²) in [6, 6.07) is 11.0. The van der Waals surface area contributed by atoms with Crippen LogP contribution >= 0.6 is 0 Å². The summed E-state index contributed by atoms with van der Waals surface area (Å²) in [4.78, 5) is 0. The second kappa shape index (κ2) is 5.96. The molecule has 0 heterocycles. The van der Waals surface area contributed by atoms with Gasteiger partial charge >= 0.3 is 0 Å². The van der Waals surface area contributed by atoms with Gasteiger partial charge in [0.05, 0.1) is 6.10 Å². The van der Waals surface area contributed by atoms with Crippen LogP contribution in [-0.4, -0.2) is 11.2 Å². The minimum absolute atomic E-state index is 0.0464. The van der Waals surface area contributed by atoms with Gasteiger partial charge in [-0.2, -0.15) is 0 Å². The van der Waals surface area contributed by atoms with E-state index in [1.807, 2.05) is 0 Å². The minimum atomic E-state index is -0.0464. The maximum Gasteiger partial charge on any atom is 0.0596 e. The number of hydrogen-bond donors (Lipinski definition) is 1. The zero-order valence-electron chi connectivity index (χ0n) is 16.5. The molecule has 5 rings (SSSR count). The van der Waals surface area contributed by atoms with Crippen LogP contribution in [0.2, 0.25) is 0 Å². The minimum Gasteiger partial charge on any atom is -0.393 e. The Kier molecular flexibility index (Phi) is 3.91. The molecule has 0 saturated heterocycles.